The van der Waals surface area contributed by atoms with Crippen LogP contribution in [0.25, 0.3) is 11.1 Å². The quantitative estimate of drug-likeness (QED) is 0.738. The van der Waals surface area contributed by atoms with Gasteiger partial charge in [0, 0.05) is 11.4 Å². The second-order valence-electron chi connectivity index (χ2n) is 4.66. The van der Waals surface area contributed by atoms with E-state index in [9.17, 15) is 0 Å². The lowest BCUT2D eigenvalue weighted by Crippen LogP contribution is -1.85. The van der Waals surface area contributed by atoms with Gasteiger partial charge >= 0.3 is 0 Å². The molecule has 0 aromatic heterocycles. The number of nitrogen functional groups attached to an aromatic ring is 2. The van der Waals surface area contributed by atoms with Crippen molar-refractivity contribution in [2.45, 2.75) is 25.7 Å². The first-order chi connectivity index (χ1) is 8.75. The van der Waals surface area contributed by atoms with Gasteiger partial charge in [0.05, 0.1) is 0 Å². The minimum atomic E-state index is 0.782. The molecule has 3 rings (SSSR count). The summed E-state index contributed by atoms with van der Waals surface area (Å²) in [6, 6.07) is 15.6. The van der Waals surface area contributed by atoms with Crippen LogP contribution < -0.4 is 11.5 Å². The average molecular weight is 240 g/mol. The predicted molar refractivity (Wildman–Crippen MR) is 79.2 cm³/mol. The summed E-state index contributed by atoms with van der Waals surface area (Å²) >= 11 is 0. The summed E-state index contributed by atoms with van der Waals surface area (Å²) in [4.78, 5) is 0. The first-order valence-electron chi connectivity index (χ1n) is 6.47. The molecule has 0 radical (unpaired) electrons. The van der Waals surface area contributed by atoms with Crippen LogP contribution in [0, 0.1) is 0 Å². The van der Waals surface area contributed by atoms with E-state index in [4.69, 9.17) is 11.5 Å². The first kappa shape index (κ1) is 12.5. The zero-order valence-corrected chi connectivity index (χ0v) is 10.6. The van der Waals surface area contributed by atoms with E-state index in [2.05, 4.69) is 0 Å². The topological polar surface area (TPSA) is 52.0 Å². The minimum Gasteiger partial charge on any atom is -0.399 e. The van der Waals surface area contributed by atoms with E-state index in [-0.39, 0.29) is 0 Å². The van der Waals surface area contributed by atoms with Gasteiger partial charge in [-0.05, 0) is 35.4 Å². The molecule has 1 saturated carbocycles. The van der Waals surface area contributed by atoms with Crippen LogP contribution in [0.3, 0.4) is 0 Å². The Bertz CT molecular complexity index is 420. The van der Waals surface area contributed by atoms with Crippen LogP contribution in [-0.2, 0) is 0 Å². The number of benzene rings is 2. The molecule has 1 aliphatic rings. The molecule has 0 bridgehead atoms. The summed E-state index contributed by atoms with van der Waals surface area (Å²) in [5.41, 5.74) is 15.1. The SMILES string of the molecule is C1CCC1.Nc1ccc(-c2ccc(N)cc2)cc1. The van der Waals surface area contributed by atoms with Crippen LogP contribution in [0.2, 0.25) is 0 Å². The number of anilines is 2. The van der Waals surface area contributed by atoms with Crippen molar-refractivity contribution in [3.8, 4) is 11.1 Å². The van der Waals surface area contributed by atoms with E-state index in [1.54, 1.807) is 0 Å². The highest BCUT2D eigenvalue weighted by Crippen LogP contribution is 2.21. The molecule has 0 saturated heterocycles. The summed E-state index contributed by atoms with van der Waals surface area (Å²) in [7, 11) is 0. The Hall–Kier alpha value is -1.96. The van der Waals surface area contributed by atoms with Crippen molar-refractivity contribution >= 4 is 11.4 Å². The molecule has 0 aliphatic heterocycles. The molecular weight excluding hydrogens is 220 g/mol. The third kappa shape index (κ3) is 3.52. The number of hydrogen-bond acceptors (Lipinski definition) is 2. The Labute approximate surface area is 109 Å². The van der Waals surface area contributed by atoms with E-state index in [0.717, 1.165) is 22.5 Å². The summed E-state index contributed by atoms with van der Waals surface area (Å²) in [5.74, 6) is 0. The first-order valence-corrected chi connectivity index (χ1v) is 6.47. The van der Waals surface area contributed by atoms with Crippen molar-refractivity contribution in [1.82, 2.24) is 0 Å². The second-order valence-corrected chi connectivity index (χ2v) is 4.66. The summed E-state index contributed by atoms with van der Waals surface area (Å²) < 4.78 is 0. The molecule has 4 N–H and O–H groups in total. The van der Waals surface area contributed by atoms with Gasteiger partial charge in [-0.25, -0.2) is 0 Å². The Kier molecular flexibility index (Phi) is 4.24. The zero-order valence-electron chi connectivity index (χ0n) is 10.6. The van der Waals surface area contributed by atoms with Gasteiger partial charge in [0.1, 0.15) is 0 Å². The molecule has 0 unspecified atom stereocenters. The molecule has 0 atom stereocenters. The molecule has 2 nitrogen and oxygen atoms in total. The third-order valence-electron chi connectivity index (χ3n) is 3.15. The fourth-order valence-electron chi connectivity index (χ4n) is 1.60. The minimum absolute atomic E-state index is 0.782. The van der Waals surface area contributed by atoms with Crippen molar-refractivity contribution in [3.05, 3.63) is 48.5 Å². The fourth-order valence-corrected chi connectivity index (χ4v) is 1.60. The maximum atomic E-state index is 5.61. The highest BCUT2D eigenvalue weighted by atomic mass is 14.5. The molecule has 2 aromatic carbocycles. The molecule has 0 heterocycles. The number of nitrogens with two attached hydrogens (primary N) is 2. The van der Waals surface area contributed by atoms with Crippen LogP contribution in [0.15, 0.2) is 48.5 Å². The van der Waals surface area contributed by atoms with Crippen molar-refractivity contribution in [2.24, 2.45) is 0 Å². The molecule has 0 amide bonds. The highest BCUT2D eigenvalue weighted by Gasteiger charge is 1.96. The Balaban J connectivity index is 0.000000256. The van der Waals surface area contributed by atoms with E-state index >= 15 is 0 Å². The van der Waals surface area contributed by atoms with Crippen molar-refractivity contribution in [3.63, 3.8) is 0 Å². The summed E-state index contributed by atoms with van der Waals surface area (Å²) in [6.07, 6.45) is 6.00. The normalized spacial score (nSPS) is 13.1. The largest absolute Gasteiger partial charge is 0.399 e. The van der Waals surface area contributed by atoms with E-state index in [0.29, 0.717) is 0 Å². The summed E-state index contributed by atoms with van der Waals surface area (Å²) in [6.45, 7) is 0. The lowest BCUT2D eigenvalue weighted by Gasteiger charge is -2.05. The average Bonchev–Trinajstić information content (AvgIpc) is 2.29. The highest BCUT2D eigenvalue weighted by molar-refractivity contribution is 5.67. The van der Waals surface area contributed by atoms with Crippen molar-refractivity contribution in [1.29, 1.82) is 0 Å². The number of rotatable bonds is 1. The van der Waals surface area contributed by atoms with Crippen molar-refractivity contribution < 1.29 is 0 Å². The fraction of sp³-hybridized carbons (Fsp3) is 0.250. The maximum Gasteiger partial charge on any atom is 0.0314 e. The Morgan fingerprint density at radius 3 is 1.00 bits per heavy atom. The van der Waals surface area contributed by atoms with Gasteiger partial charge in [-0.2, -0.15) is 0 Å². The van der Waals surface area contributed by atoms with Gasteiger partial charge in [0.2, 0.25) is 0 Å². The standard InChI is InChI=1S/C12H12N2.C4H8/c13-11-5-1-9(2-6-11)10-3-7-12(14)8-4-10;1-2-4-3-1/h1-8H,13-14H2;1-4H2. The lowest BCUT2D eigenvalue weighted by molar-refractivity contribution is 0.504. The van der Waals surface area contributed by atoms with Crippen LogP contribution in [-0.4, -0.2) is 0 Å². The molecule has 18 heavy (non-hydrogen) atoms. The van der Waals surface area contributed by atoms with Gasteiger partial charge in [0.15, 0.2) is 0 Å². The molecular formula is C16H20N2. The third-order valence-corrected chi connectivity index (χ3v) is 3.15. The lowest BCUT2D eigenvalue weighted by atomic mass is 10.0. The van der Waals surface area contributed by atoms with Crippen LogP contribution in [0.1, 0.15) is 25.7 Å². The zero-order chi connectivity index (χ0) is 12.8. The molecule has 1 fully saturated rings. The van der Waals surface area contributed by atoms with Gasteiger partial charge in [-0.3, -0.25) is 0 Å². The van der Waals surface area contributed by atoms with Crippen LogP contribution in [0.5, 0.6) is 0 Å². The second kappa shape index (κ2) is 6.10. The van der Waals surface area contributed by atoms with Gasteiger partial charge in [0.25, 0.3) is 0 Å². The smallest absolute Gasteiger partial charge is 0.0314 e. The van der Waals surface area contributed by atoms with Crippen molar-refractivity contribution in [2.75, 3.05) is 11.5 Å². The molecule has 2 aromatic rings. The van der Waals surface area contributed by atoms with Crippen LogP contribution >= 0.6 is 0 Å². The van der Waals surface area contributed by atoms with Crippen LogP contribution in [0.4, 0.5) is 11.4 Å². The Morgan fingerprint density at radius 1 is 0.500 bits per heavy atom. The predicted octanol–water partition coefficient (Wildman–Crippen LogP) is 4.08. The molecule has 94 valence electrons. The molecule has 2 heteroatoms. The molecule has 0 spiro atoms. The monoisotopic (exact) mass is 240 g/mol. The van der Waals surface area contributed by atoms with Gasteiger partial charge in [-0.15, -0.1) is 0 Å². The maximum absolute atomic E-state index is 5.61. The van der Waals surface area contributed by atoms with E-state index < -0.39 is 0 Å². The molecule has 1 aliphatic carbocycles. The van der Waals surface area contributed by atoms with Gasteiger partial charge in [-0.1, -0.05) is 49.9 Å². The van der Waals surface area contributed by atoms with E-state index in [1.165, 1.54) is 25.7 Å². The van der Waals surface area contributed by atoms with Gasteiger partial charge < -0.3 is 11.5 Å². The summed E-state index contributed by atoms with van der Waals surface area (Å²) in [5, 5.41) is 0. The number of hydrogen-bond donors (Lipinski definition) is 2. The Morgan fingerprint density at radius 2 is 0.778 bits per heavy atom. The van der Waals surface area contributed by atoms with E-state index in [1.807, 2.05) is 48.5 Å².